The molecule has 2 amide bonds. The number of H-pyrrole nitrogens is 1. The SMILES string of the molecule is C#CCOCCOCCOCCOCCN1CCN(CCCNC(=O)c2ncn(-c3ncc(OC)c4c(C(=O)C(=O)N5CCC(=C(C#N)c6ccccc6)CC5)c[nH]c34)n2)CC1CO. The average molecular weight is 881 g/mol. The highest BCUT2D eigenvalue weighted by Crippen LogP contribution is 2.33. The van der Waals surface area contributed by atoms with E-state index in [4.69, 9.17) is 30.1 Å². The van der Waals surface area contributed by atoms with Crippen molar-refractivity contribution in [2.24, 2.45) is 0 Å². The molecule has 0 aliphatic carbocycles. The number of carbonyl (C=O) groups is 3. The normalized spacial score (nSPS) is 15.8. The highest BCUT2D eigenvalue weighted by atomic mass is 16.6. The number of Topliss-reactive ketones (excluding diaryl/α,β-unsaturated/α-hetero) is 1. The van der Waals surface area contributed by atoms with Gasteiger partial charge in [0.15, 0.2) is 5.82 Å². The number of rotatable bonds is 24. The smallest absolute Gasteiger partial charge is 0.295 e. The second-order valence-electron chi connectivity index (χ2n) is 15.1. The zero-order valence-electron chi connectivity index (χ0n) is 36.2. The Labute approximate surface area is 372 Å². The van der Waals surface area contributed by atoms with E-state index in [0.29, 0.717) is 115 Å². The number of likely N-dealkylation sites (tertiary alicyclic amines) is 1. The van der Waals surface area contributed by atoms with Gasteiger partial charge in [-0.1, -0.05) is 36.3 Å². The number of nitrogens with zero attached hydrogens (tertiary/aromatic N) is 8. The molecule has 2 aliphatic heterocycles. The summed E-state index contributed by atoms with van der Waals surface area (Å²) in [4.78, 5) is 58.1. The number of aliphatic hydroxyl groups excluding tert-OH is 1. The number of amides is 2. The van der Waals surface area contributed by atoms with Crippen molar-refractivity contribution >= 4 is 34.1 Å². The van der Waals surface area contributed by atoms with Gasteiger partial charge < -0.3 is 48.9 Å². The zero-order valence-corrected chi connectivity index (χ0v) is 36.2. The van der Waals surface area contributed by atoms with Crippen molar-refractivity contribution in [3.8, 4) is 30.0 Å². The van der Waals surface area contributed by atoms with Crippen LogP contribution in [0.3, 0.4) is 0 Å². The third-order valence-electron chi connectivity index (χ3n) is 11.1. The van der Waals surface area contributed by atoms with E-state index in [1.807, 2.05) is 30.3 Å². The number of ether oxygens (including phenoxy) is 5. The summed E-state index contributed by atoms with van der Waals surface area (Å²) < 4.78 is 28.7. The Morgan fingerprint density at radius 1 is 0.953 bits per heavy atom. The average Bonchev–Trinajstić information content (AvgIpc) is 4.01. The number of piperidine rings is 1. The number of ketones is 1. The molecule has 64 heavy (non-hydrogen) atoms. The Hall–Kier alpha value is -6.03. The number of piperazine rings is 1. The predicted molar refractivity (Wildman–Crippen MR) is 235 cm³/mol. The highest BCUT2D eigenvalue weighted by molar-refractivity contribution is 6.45. The topological polar surface area (TPSA) is 223 Å². The fourth-order valence-corrected chi connectivity index (χ4v) is 7.71. The Morgan fingerprint density at radius 2 is 1.67 bits per heavy atom. The second kappa shape index (κ2) is 24.7. The van der Waals surface area contributed by atoms with Crippen molar-refractivity contribution in [2.75, 3.05) is 119 Å². The first-order chi connectivity index (χ1) is 31.4. The summed E-state index contributed by atoms with van der Waals surface area (Å²) in [7, 11) is 1.44. The van der Waals surface area contributed by atoms with E-state index in [0.717, 1.165) is 30.8 Å². The number of nitrogens with one attached hydrogen (secondary N) is 2. The molecule has 2 fully saturated rings. The lowest BCUT2D eigenvalue weighted by Crippen LogP contribution is -2.55. The molecule has 6 rings (SSSR count). The van der Waals surface area contributed by atoms with Gasteiger partial charge in [0.25, 0.3) is 17.6 Å². The predicted octanol–water partition coefficient (Wildman–Crippen LogP) is 1.73. The van der Waals surface area contributed by atoms with E-state index in [1.54, 1.807) is 0 Å². The molecular weight excluding hydrogens is 825 g/mol. The molecule has 3 aromatic heterocycles. The Morgan fingerprint density at radius 3 is 2.36 bits per heavy atom. The van der Waals surface area contributed by atoms with Crippen molar-refractivity contribution in [1.29, 1.82) is 5.26 Å². The number of hydrogen-bond acceptors (Lipinski definition) is 15. The number of aliphatic hydroxyl groups is 1. The van der Waals surface area contributed by atoms with Gasteiger partial charge in [-0.2, -0.15) is 9.94 Å². The van der Waals surface area contributed by atoms with Crippen molar-refractivity contribution in [2.45, 2.75) is 25.3 Å². The first-order valence-corrected chi connectivity index (χ1v) is 21.4. The van der Waals surface area contributed by atoms with Gasteiger partial charge in [-0.3, -0.25) is 19.3 Å². The number of pyridine rings is 1. The minimum absolute atomic E-state index is 0.0173. The molecule has 1 atom stereocenters. The highest BCUT2D eigenvalue weighted by Gasteiger charge is 2.31. The third kappa shape index (κ3) is 12.6. The van der Waals surface area contributed by atoms with E-state index in [9.17, 15) is 24.8 Å². The van der Waals surface area contributed by atoms with Crippen LogP contribution in [0, 0.1) is 23.7 Å². The molecule has 19 heteroatoms. The number of hydrogen-bond donors (Lipinski definition) is 3. The van der Waals surface area contributed by atoms with Crippen LogP contribution in [0.4, 0.5) is 0 Å². The minimum Gasteiger partial charge on any atom is -0.494 e. The summed E-state index contributed by atoms with van der Waals surface area (Å²) in [6, 6.07) is 11.7. The van der Waals surface area contributed by atoms with Crippen molar-refractivity contribution in [1.82, 2.24) is 44.7 Å². The summed E-state index contributed by atoms with van der Waals surface area (Å²) in [5.41, 5.74) is 2.86. The molecule has 4 aromatic rings. The van der Waals surface area contributed by atoms with Gasteiger partial charge in [0.1, 0.15) is 18.7 Å². The quantitative estimate of drug-likeness (QED) is 0.0300. The summed E-state index contributed by atoms with van der Waals surface area (Å²) in [5, 5.41) is 27.5. The Bertz CT molecular complexity index is 2270. The van der Waals surface area contributed by atoms with Crippen LogP contribution in [0.15, 0.2) is 54.6 Å². The lowest BCUT2D eigenvalue weighted by atomic mass is 9.93. The van der Waals surface area contributed by atoms with Gasteiger partial charge in [0.05, 0.1) is 94.3 Å². The van der Waals surface area contributed by atoms with Gasteiger partial charge in [-0.25, -0.2) is 9.97 Å². The number of benzene rings is 1. The number of fused-ring (bicyclic) bond motifs is 1. The minimum atomic E-state index is -0.716. The van der Waals surface area contributed by atoms with Crippen molar-refractivity contribution in [3.05, 3.63) is 71.6 Å². The monoisotopic (exact) mass is 880 g/mol. The largest absolute Gasteiger partial charge is 0.494 e. The summed E-state index contributed by atoms with van der Waals surface area (Å²) in [6.07, 6.45) is 11.0. The summed E-state index contributed by atoms with van der Waals surface area (Å²) in [6.45, 7) is 8.41. The number of carbonyl (C=O) groups excluding carboxylic acids is 3. The van der Waals surface area contributed by atoms with Gasteiger partial charge in [0.2, 0.25) is 5.82 Å². The lowest BCUT2D eigenvalue weighted by molar-refractivity contribution is -0.126. The lowest BCUT2D eigenvalue weighted by Gasteiger charge is -2.40. The van der Waals surface area contributed by atoms with Crippen LogP contribution < -0.4 is 10.1 Å². The van der Waals surface area contributed by atoms with E-state index >= 15 is 0 Å². The molecule has 2 aliphatic rings. The molecule has 1 aromatic carbocycles. The molecule has 19 nitrogen and oxygen atoms in total. The summed E-state index contributed by atoms with van der Waals surface area (Å²) in [5.74, 6) is 1.03. The van der Waals surface area contributed by atoms with Crippen LogP contribution in [-0.2, 0) is 23.7 Å². The standard InChI is InChI=1S/C45H56N10O9/c1-3-19-61-21-23-63-25-26-64-24-22-62-20-18-53-17-16-52(30-35(53)31-56)13-7-12-47-44(58)42-50-32-55(51-42)43-40-39(38(60-2)29-49-43)37(28-48-40)41(57)45(59)54-14-10-34(11-15-54)36(27-46)33-8-5-4-6-9-33/h1,4-6,8-9,28-29,32,35,48,56H,7,10-26,30-31H2,2H3,(H,47,58). The maximum absolute atomic E-state index is 13.7. The maximum atomic E-state index is 13.7. The molecule has 0 saturated carbocycles. The van der Waals surface area contributed by atoms with Crippen LogP contribution in [0.25, 0.3) is 22.3 Å². The third-order valence-corrected chi connectivity index (χ3v) is 11.1. The second-order valence-corrected chi connectivity index (χ2v) is 15.1. The molecule has 2 saturated heterocycles. The van der Waals surface area contributed by atoms with E-state index in [1.165, 1.54) is 35.4 Å². The maximum Gasteiger partial charge on any atom is 0.295 e. The zero-order chi connectivity index (χ0) is 45.1. The van der Waals surface area contributed by atoms with Crippen LogP contribution >= 0.6 is 0 Å². The number of aromatic amines is 1. The molecule has 0 radical (unpaired) electrons. The van der Waals surface area contributed by atoms with Crippen molar-refractivity contribution in [3.63, 3.8) is 0 Å². The number of aromatic nitrogens is 5. The van der Waals surface area contributed by atoms with Crippen LogP contribution in [0.1, 0.15) is 45.8 Å². The van der Waals surface area contributed by atoms with Crippen LogP contribution in [0.2, 0.25) is 0 Å². The van der Waals surface area contributed by atoms with Crippen LogP contribution in [-0.4, -0.2) is 187 Å². The van der Waals surface area contributed by atoms with Gasteiger partial charge in [0, 0.05) is 58.1 Å². The molecule has 0 spiro atoms. The Balaban J connectivity index is 0.932. The molecule has 3 N–H and O–H groups in total. The molecular formula is C45H56N10O9. The van der Waals surface area contributed by atoms with E-state index in [2.05, 4.69) is 47.2 Å². The molecule has 1 unspecified atom stereocenters. The number of nitriles is 1. The van der Waals surface area contributed by atoms with Gasteiger partial charge in [-0.15, -0.1) is 11.5 Å². The molecule has 340 valence electrons. The van der Waals surface area contributed by atoms with E-state index < -0.39 is 17.6 Å². The number of terminal acetylenes is 1. The van der Waals surface area contributed by atoms with Gasteiger partial charge in [-0.05, 0) is 36.9 Å². The number of methoxy groups -OCH3 is 1. The van der Waals surface area contributed by atoms with Crippen molar-refractivity contribution < 1.29 is 43.2 Å². The summed E-state index contributed by atoms with van der Waals surface area (Å²) >= 11 is 0. The molecule has 0 bridgehead atoms. The first kappa shape index (κ1) is 47.4. The van der Waals surface area contributed by atoms with Gasteiger partial charge >= 0.3 is 0 Å². The fourth-order valence-electron chi connectivity index (χ4n) is 7.71. The number of allylic oxidation sites excluding steroid dienone is 1. The first-order valence-electron chi connectivity index (χ1n) is 21.4. The Kier molecular flexibility index (Phi) is 18.3. The fraction of sp³-hybridized carbons (Fsp3) is 0.489. The van der Waals surface area contributed by atoms with E-state index in [-0.39, 0.29) is 42.2 Å². The van der Waals surface area contributed by atoms with Crippen LogP contribution in [0.5, 0.6) is 5.75 Å². The molecule has 5 heterocycles.